The van der Waals surface area contributed by atoms with Crippen molar-refractivity contribution in [2.24, 2.45) is 5.73 Å². The average molecular weight is 294 g/mol. The Balaban J connectivity index is 1.97. The molecule has 0 saturated carbocycles. The molecule has 1 unspecified atom stereocenters. The monoisotopic (exact) mass is 293 g/mol. The standard InChI is InChI=1S/C9H12BrNOS2/c10-6-1-8(13-5-6)9(2-11)14-7-3-12-4-7/h1,5,7,9H,2-4,11H2. The molecule has 0 radical (unpaired) electrons. The Kier molecular flexibility index (Phi) is 3.90. The van der Waals surface area contributed by atoms with Crippen molar-refractivity contribution in [2.75, 3.05) is 19.8 Å². The van der Waals surface area contributed by atoms with Crippen LogP contribution in [0.3, 0.4) is 0 Å². The molecule has 1 aromatic rings. The highest BCUT2D eigenvalue weighted by atomic mass is 79.9. The number of thioether (sulfide) groups is 1. The molecule has 1 aliphatic rings. The maximum absolute atomic E-state index is 5.77. The predicted octanol–water partition coefficient (Wildman–Crippen LogP) is 2.64. The lowest BCUT2D eigenvalue weighted by molar-refractivity contribution is 0.0453. The minimum Gasteiger partial charge on any atom is -0.379 e. The van der Waals surface area contributed by atoms with Crippen molar-refractivity contribution in [2.45, 2.75) is 10.5 Å². The van der Waals surface area contributed by atoms with Crippen LogP contribution in [0.5, 0.6) is 0 Å². The Bertz CT molecular complexity index is 301. The Morgan fingerprint density at radius 2 is 2.50 bits per heavy atom. The number of ether oxygens (including phenoxy) is 1. The summed E-state index contributed by atoms with van der Waals surface area (Å²) in [4.78, 5) is 1.36. The van der Waals surface area contributed by atoms with Crippen LogP contribution in [0.2, 0.25) is 0 Å². The molecule has 1 aromatic heterocycles. The predicted molar refractivity (Wildman–Crippen MR) is 66.0 cm³/mol. The molecule has 2 heterocycles. The van der Waals surface area contributed by atoms with Crippen molar-refractivity contribution in [3.63, 3.8) is 0 Å². The lowest BCUT2D eigenvalue weighted by Gasteiger charge is -2.28. The maximum atomic E-state index is 5.77. The number of halogens is 1. The zero-order valence-corrected chi connectivity index (χ0v) is 10.8. The van der Waals surface area contributed by atoms with Gasteiger partial charge in [0.1, 0.15) is 0 Å². The molecular weight excluding hydrogens is 282 g/mol. The van der Waals surface area contributed by atoms with Crippen molar-refractivity contribution in [1.82, 2.24) is 0 Å². The molecule has 0 spiro atoms. The third-order valence-electron chi connectivity index (χ3n) is 2.08. The molecular formula is C9H12BrNOS2. The van der Waals surface area contributed by atoms with Crippen LogP contribution in [0.1, 0.15) is 10.1 Å². The van der Waals surface area contributed by atoms with E-state index in [1.165, 1.54) is 4.88 Å². The minimum absolute atomic E-state index is 0.431. The summed E-state index contributed by atoms with van der Waals surface area (Å²) in [7, 11) is 0. The van der Waals surface area contributed by atoms with Gasteiger partial charge in [0.15, 0.2) is 0 Å². The summed E-state index contributed by atoms with van der Waals surface area (Å²) in [5.74, 6) is 0. The Morgan fingerprint density at radius 3 is 2.93 bits per heavy atom. The van der Waals surface area contributed by atoms with Gasteiger partial charge in [-0.3, -0.25) is 0 Å². The quantitative estimate of drug-likeness (QED) is 0.927. The normalized spacial score (nSPS) is 19.3. The zero-order chi connectivity index (χ0) is 9.97. The van der Waals surface area contributed by atoms with Crippen molar-refractivity contribution in [3.8, 4) is 0 Å². The summed E-state index contributed by atoms with van der Waals surface area (Å²) in [6, 6.07) is 2.16. The van der Waals surface area contributed by atoms with E-state index in [0.29, 0.717) is 17.0 Å². The first-order chi connectivity index (χ1) is 6.79. The van der Waals surface area contributed by atoms with Crippen LogP contribution < -0.4 is 5.73 Å². The molecule has 0 bridgehead atoms. The van der Waals surface area contributed by atoms with E-state index in [1.54, 1.807) is 11.3 Å². The van der Waals surface area contributed by atoms with Crippen LogP contribution in [-0.4, -0.2) is 25.0 Å². The van der Waals surface area contributed by atoms with Crippen LogP contribution in [0, 0.1) is 0 Å². The summed E-state index contributed by atoms with van der Waals surface area (Å²) in [5, 5.41) is 3.18. The molecule has 0 aromatic carbocycles. The average Bonchev–Trinajstić information content (AvgIpc) is 2.50. The van der Waals surface area contributed by atoms with Gasteiger partial charge in [0.2, 0.25) is 0 Å². The van der Waals surface area contributed by atoms with Gasteiger partial charge in [0, 0.05) is 21.3 Å². The SMILES string of the molecule is NCC(SC1COC1)c1cc(Br)cs1. The maximum Gasteiger partial charge on any atom is 0.0608 e. The molecule has 78 valence electrons. The van der Waals surface area contributed by atoms with Gasteiger partial charge in [-0.05, 0) is 22.0 Å². The summed E-state index contributed by atoms with van der Waals surface area (Å²) < 4.78 is 6.31. The number of thiophene rings is 1. The summed E-state index contributed by atoms with van der Waals surface area (Å²) in [6.45, 7) is 2.47. The smallest absolute Gasteiger partial charge is 0.0608 e. The topological polar surface area (TPSA) is 35.2 Å². The van der Waals surface area contributed by atoms with Crippen LogP contribution in [0.15, 0.2) is 15.9 Å². The fourth-order valence-corrected chi connectivity index (χ4v) is 4.16. The molecule has 1 saturated heterocycles. The summed E-state index contributed by atoms with van der Waals surface area (Å²) in [6.07, 6.45) is 0. The van der Waals surface area contributed by atoms with Crippen LogP contribution in [0.25, 0.3) is 0 Å². The Hall–Kier alpha value is 0.450. The lowest BCUT2D eigenvalue weighted by atomic mass is 10.3. The number of hydrogen-bond acceptors (Lipinski definition) is 4. The summed E-state index contributed by atoms with van der Waals surface area (Å²) >= 11 is 7.17. The molecule has 1 fully saturated rings. The third-order valence-corrected chi connectivity index (χ3v) is 5.47. The van der Waals surface area contributed by atoms with E-state index in [4.69, 9.17) is 10.5 Å². The first-order valence-corrected chi connectivity index (χ1v) is 7.08. The number of hydrogen-bond donors (Lipinski definition) is 1. The van der Waals surface area contributed by atoms with Gasteiger partial charge in [0.25, 0.3) is 0 Å². The third kappa shape index (κ3) is 2.52. The second-order valence-corrected chi connectivity index (χ2v) is 6.55. The lowest BCUT2D eigenvalue weighted by Crippen LogP contribution is -2.31. The molecule has 0 amide bonds. The molecule has 1 aliphatic heterocycles. The van der Waals surface area contributed by atoms with Gasteiger partial charge >= 0.3 is 0 Å². The Labute approximate surface area is 100 Å². The van der Waals surface area contributed by atoms with Crippen molar-refractivity contribution < 1.29 is 4.74 Å². The first kappa shape index (κ1) is 11.0. The molecule has 5 heteroatoms. The van der Waals surface area contributed by atoms with Gasteiger partial charge in [-0.1, -0.05) is 0 Å². The van der Waals surface area contributed by atoms with Gasteiger partial charge in [-0.15, -0.1) is 23.1 Å². The zero-order valence-electron chi connectivity index (χ0n) is 7.61. The fourth-order valence-electron chi connectivity index (χ4n) is 1.26. The molecule has 2 rings (SSSR count). The van der Waals surface area contributed by atoms with E-state index in [2.05, 4.69) is 27.4 Å². The molecule has 14 heavy (non-hydrogen) atoms. The second-order valence-electron chi connectivity index (χ2n) is 3.19. The Morgan fingerprint density at radius 1 is 1.71 bits per heavy atom. The number of rotatable bonds is 4. The van der Waals surface area contributed by atoms with Gasteiger partial charge in [0.05, 0.1) is 23.7 Å². The van der Waals surface area contributed by atoms with Crippen molar-refractivity contribution >= 4 is 39.0 Å². The molecule has 1 atom stereocenters. The van der Waals surface area contributed by atoms with Crippen LogP contribution >= 0.6 is 39.0 Å². The van der Waals surface area contributed by atoms with Crippen molar-refractivity contribution in [3.05, 3.63) is 20.8 Å². The molecule has 2 nitrogen and oxygen atoms in total. The second kappa shape index (κ2) is 4.99. The van der Waals surface area contributed by atoms with Crippen molar-refractivity contribution in [1.29, 1.82) is 0 Å². The van der Waals surface area contributed by atoms with E-state index in [0.717, 1.165) is 17.7 Å². The van der Waals surface area contributed by atoms with E-state index in [-0.39, 0.29) is 0 Å². The van der Waals surface area contributed by atoms with E-state index < -0.39 is 0 Å². The van der Waals surface area contributed by atoms with Gasteiger partial charge in [-0.25, -0.2) is 0 Å². The van der Waals surface area contributed by atoms with E-state index in [1.807, 2.05) is 11.8 Å². The van der Waals surface area contributed by atoms with Gasteiger partial charge in [-0.2, -0.15) is 0 Å². The van der Waals surface area contributed by atoms with Gasteiger partial charge < -0.3 is 10.5 Å². The molecule has 0 aliphatic carbocycles. The highest BCUT2D eigenvalue weighted by Crippen LogP contribution is 2.38. The summed E-state index contributed by atoms with van der Waals surface area (Å²) in [5.41, 5.74) is 5.77. The number of nitrogens with two attached hydrogens (primary N) is 1. The highest BCUT2D eigenvalue weighted by Gasteiger charge is 2.24. The van der Waals surface area contributed by atoms with Crippen LogP contribution in [0.4, 0.5) is 0 Å². The largest absolute Gasteiger partial charge is 0.379 e. The van der Waals surface area contributed by atoms with E-state index >= 15 is 0 Å². The molecule has 2 N–H and O–H groups in total. The van der Waals surface area contributed by atoms with Crippen LogP contribution in [-0.2, 0) is 4.74 Å². The minimum atomic E-state index is 0.431. The first-order valence-electron chi connectivity index (χ1n) is 4.47. The van der Waals surface area contributed by atoms with E-state index in [9.17, 15) is 0 Å². The highest BCUT2D eigenvalue weighted by molar-refractivity contribution is 9.10. The fraction of sp³-hybridized carbons (Fsp3) is 0.556.